The predicted molar refractivity (Wildman–Crippen MR) is 125 cm³/mol. The third-order valence-corrected chi connectivity index (χ3v) is 6.22. The maximum atomic E-state index is 6.29. The quantitative estimate of drug-likeness (QED) is 0.451. The molecule has 0 amide bonds. The summed E-state index contributed by atoms with van der Waals surface area (Å²) in [6.07, 6.45) is 4.58. The zero-order valence-corrected chi connectivity index (χ0v) is 18.4. The van der Waals surface area contributed by atoms with Crippen molar-refractivity contribution in [1.82, 2.24) is 19.9 Å². The number of pyridine rings is 2. The molecule has 2 aliphatic rings. The van der Waals surface area contributed by atoms with Crippen LogP contribution >= 0.6 is 11.6 Å². The smallest absolute Gasteiger partial charge is 0.237 e. The van der Waals surface area contributed by atoms with E-state index in [0.717, 1.165) is 65.7 Å². The predicted octanol–water partition coefficient (Wildman–Crippen LogP) is 4.47. The van der Waals surface area contributed by atoms with Gasteiger partial charge in [0.1, 0.15) is 23.9 Å². The third-order valence-electron chi connectivity index (χ3n) is 5.98. The Morgan fingerprint density at radius 3 is 2.94 bits per heavy atom. The van der Waals surface area contributed by atoms with Crippen molar-refractivity contribution in [3.63, 3.8) is 0 Å². The lowest BCUT2D eigenvalue weighted by atomic mass is 10.0. The molecule has 0 atom stereocenters. The Morgan fingerprint density at radius 2 is 2.00 bits per heavy atom. The fourth-order valence-electron chi connectivity index (χ4n) is 4.50. The molecule has 5 heterocycles. The summed E-state index contributed by atoms with van der Waals surface area (Å²) in [6, 6.07) is 12.0. The first-order valence-corrected chi connectivity index (χ1v) is 11.1. The van der Waals surface area contributed by atoms with Gasteiger partial charge in [0.05, 0.1) is 23.9 Å². The van der Waals surface area contributed by atoms with Crippen LogP contribution < -0.4 is 14.5 Å². The summed E-state index contributed by atoms with van der Waals surface area (Å²) in [7, 11) is 0. The minimum Gasteiger partial charge on any atom is -0.474 e. The second-order valence-electron chi connectivity index (χ2n) is 8.05. The van der Waals surface area contributed by atoms with Crippen molar-refractivity contribution in [1.29, 1.82) is 0 Å². The van der Waals surface area contributed by atoms with E-state index in [1.165, 1.54) is 5.56 Å². The van der Waals surface area contributed by atoms with Crippen molar-refractivity contribution < 1.29 is 4.74 Å². The van der Waals surface area contributed by atoms with Crippen molar-refractivity contribution in [2.45, 2.75) is 19.9 Å². The molecule has 32 heavy (non-hydrogen) atoms. The minimum absolute atomic E-state index is 0.597. The lowest BCUT2D eigenvalue weighted by Crippen LogP contribution is -2.33. The van der Waals surface area contributed by atoms with Crippen LogP contribution in [0.1, 0.15) is 17.1 Å². The van der Waals surface area contributed by atoms with Gasteiger partial charge in [-0.05, 0) is 48.9 Å². The Hall–Kier alpha value is -3.45. The Bertz CT molecular complexity index is 1340. The van der Waals surface area contributed by atoms with E-state index in [1.807, 2.05) is 43.5 Å². The number of hydrogen-bond acceptors (Lipinski definition) is 7. The van der Waals surface area contributed by atoms with E-state index in [-0.39, 0.29) is 0 Å². The molecule has 1 aromatic carbocycles. The van der Waals surface area contributed by atoms with Gasteiger partial charge in [-0.25, -0.2) is 15.0 Å². The van der Waals surface area contributed by atoms with Crippen molar-refractivity contribution >= 4 is 39.7 Å². The van der Waals surface area contributed by atoms with Gasteiger partial charge in [0.2, 0.25) is 5.88 Å². The molecule has 2 aliphatic heterocycles. The molecular formula is C24H21ClN6O. The van der Waals surface area contributed by atoms with E-state index in [0.29, 0.717) is 17.5 Å². The van der Waals surface area contributed by atoms with E-state index in [1.54, 1.807) is 6.20 Å². The summed E-state index contributed by atoms with van der Waals surface area (Å²) in [5, 5.41) is 1.66. The first-order chi connectivity index (χ1) is 15.7. The van der Waals surface area contributed by atoms with Gasteiger partial charge >= 0.3 is 0 Å². The van der Waals surface area contributed by atoms with Crippen LogP contribution in [0, 0.1) is 6.92 Å². The van der Waals surface area contributed by atoms with E-state index < -0.39 is 0 Å². The highest BCUT2D eigenvalue weighted by atomic mass is 35.5. The van der Waals surface area contributed by atoms with Gasteiger partial charge in [-0.2, -0.15) is 0 Å². The van der Waals surface area contributed by atoms with Crippen molar-refractivity contribution in [3.8, 4) is 5.88 Å². The molecule has 0 aliphatic carbocycles. The number of fused-ring (bicyclic) bond motifs is 3. The van der Waals surface area contributed by atoms with Crippen molar-refractivity contribution in [2.75, 3.05) is 29.5 Å². The molecule has 7 nitrogen and oxygen atoms in total. The van der Waals surface area contributed by atoms with Gasteiger partial charge in [0.25, 0.3) is 0 Å². The van der Waals surface area contributed by atoms with E-state index >= 15 is 0 Å². The summed E-state index contributed by atoms with van der Waals surface area (Å²) in [5.74, 6) is 2.34. The highest BCUT2D eigenvalue weighted by molar-refractivity contribution is 6.31. The summed E-state index contributed by atoms with van der Waals surface area (Å²) in [4.78, 5) is 23.1. The van der Waals surface area contributed by atoms with Gasteiger partial charge in [-0.1, -0.05) is 11.6 Å². The SMILES string of the molecule is Cc1nc(N2CCc3ncc(N4CCOc5ncccc54)cc3C2)c2cc(Cl)ccc2n1. The normalized spacial score (nSPS) is 15.3. The van der Waals surface area contributed by atoms with Crippen LogP contribution in [-0.2, 0) is 13.0 Å². The number of benzene rings is 1. The van der Waals surface area contributed by atoms with Crippen LogP contribution in [-0.4, -0.2) is 39.6 Å². The molecule has 160 valence electrons. The van der Waals surface area contributed by atoms with Gasteiger partial charge in [-0.15, -0.1) is 0 Å². The Labute approximate surface area is 190 Å². The molecule has 0 N–H and O–H groups in total. The average molecular weight is 445 g/mol. The minimum atomic E-state index is 0.597. The Kier molecular flexibility index (Phi) is 4.57. The topological polar surface area (TPSA) is 67.3 Å². The molecule has 0 unspecified atom stereocenters. The molecule has 6 rings (SSSR count). The van der Waals surface area contributed by atoms with Crippen LogP contribution in [0.15, 0.2) is 48.8 Å². The summed E-state index contributed by atoms with van der Waals surface area (Å²) >= 11 is 6.29. The zero-order chi connectivity index (χ0) is 21.7. The highest BCUT2D eigenvalue weighted by Gasteiger charge is 2.25. The lowest BCUT2D eigenvalue weighted by molar-refractivity contribution is 0.301. The van der Waals surface area contributed by atoms with Gasteiger partial charge in [-0.3, -0.25) is 4.98 Å². The number of nitrogens with zero attached hydrogens (tertiary/aromatic N) is 6. The van der Waals surface area contributed by atoms with E-state index in [4.69, 9.17) is 26.3 Å². The molecule has 0 saturated carbocycles. The van der Waals surface area contributed by atoms with Gasteiger partial charge in [0, 0.05) is 41.8 Å². The van der Waals surface area contributed by atoms with Crippen LogP contribution in [0.25, 0.3) is 10.9 Å². The van der Waals surface area contributed by atoms with E-state index in [9.17, 15) is 0 Å². The molecule has 0 spiro atoms. The molecule has 4 aromatic rings. The van der Waals surface area contributed by atoms with Crippen molar-refractivity contribution in [3.05, 3.63) is 70.9 Å². The number of aryl methyl sites for hydroxylation is 1. The first kappa shape index (κ1) is 19.3. The molecule has 0 radical (unpaired) electrons. The second-order valence-corrected chi connectivity index (χ2v) is 8.49. The standard InChI is InChI=1S/C24H21ClN6O/c1-15-28-21-5-4-17(25)12-19(21)23(29-15)30-8-6-20-16(14-30)11-18(13-27-20)31-9-10-32-24-22(31)3-2-7-26-24/h2-5,7,11-13H,6,8-10,14H2,1H3. The molecule has 8 heteroatoms. The monoisotopic (exact) mass is 444 g/mol. The number of hydrogen-bond donors (Lipinski definition) is 0. The second kappa shape index (κ2) is 7.60. The van der Waals surface area contributed by atoms with Crippen LogP contribution in [0.3, 0.4) is 0 Å². The molecule has 0 saturated heterocycles. The van der Waals surface area contributed by atoms with Crippen LogP contribution in [0.5, 0.6) is 5.88 Å². The number of ether oxygens (including phenoxy) is 1. The molecular weight excluding hydrogens is 424 g/mol. The van der Waals surface area contributed by atoms with Crippen molar-refractivity contribution in [2.24, 2.45) is 0 Å². The fraction of sp³-hybridized carbons (Fsp3) is 0.250. The maximum absolute atomic E-state index is 6.29. The number of aromatic nitrogens is 4. The number of rotatable bonds is 2. The Morgan fingerprint density at radius 1 is 1.06 bits per heavy atom. The van der Waals surface area contributed by atoms with Gasteiger partial charge < -0.3 is 14.5 Å². The van der Waals surface area contributed by atoms with Crippen LogP contribution in [0.2, 0.25) is 5.02 Å². The largest absolute Gasteiger partial charge is 0.474 e. The average Bonchev–Trinajstić information content (AvgIpc) is 2.83. The summed E-state index contributed by atoms with van der Waals surface area (Å²) < 4.78 is 5.72. The van der Waals surface area contributed by atoms with Crippen LogP contribution in [0.4, 0.5) is 17.2 Å². The Balaban J connectivity index is 1.37. The highest BCUT2D eigenvalue weighted by Crippen LogP contribution is 2.36. The lowest BCUT2D eigenvalue weighted by Gasteiger charge is -2.33. The summed E-state index contributed by atoms with van der Waals surface area (Å²) in [5.41, 5.74) is 5.28. The van der Waals surface area contributed by atoms with E-state index in [2.05, 4.69) is 25.8 Å². The first-order valence-electron chi connectivity index (χ1n) is 10.7. The molecule has 0 fully saturated rings. The fourth-order valence-corrected chi connectivity index (χ4v) is 4.67. The number of halogens is 1. The molecule has 3 aromatic heterocycles. The maximum Gasteiger partial charge on any atom is 0.237 e. The number of anilines is 3. The molecule has 0 bridgehead atoms. The summed E-state index contributed by atoms with van der Waals surface area (Å²) in [6.45, 7) is 4.87. The van der Waals surface area contributed by atoms with Gasteiger partial charge in [0.15, 0.2) is 0 Å². The zero-order valence-electron chi connectivity index (χ0n) is 17.6. The third kappa shape index (κ3) is 3.29.